The predicted molar refractivity (Wildman–Crippen MR) is 64.7 cm³/mol. The summed E-state index contributed by atoms with van der Waals surface area (Å²) in [6.45, 7) is 0. The smallest absolute Gasteiger partial charge is 0.337 e. The molecule has 3 N–H and O–H groups in total. The third kappa shape index (κ3) is 2.49. The number of halogens is 1. The summed E-state index contributed by atoms with van der Waals surface area (Å²) in [7, 11) is 0. The maximum absolute atomic E-state index is 13.0. The van der Waals surface area contributed by atoms with E-state index in [1.165, 1.54) is 0 Å². The Balaban J connectivity index is 2.27. The van der Waals surface area contributed by atoms with Crippen molar-refractivity contribution in [3.05, 3.63) is 29.6 Å². The average Bonchev–Trinajstić information content (AvgIpc) is 3.12. The Hall–Kier alpha value is -1.80. The van der Waals surface area contributed by atoms with Crippen molar-refractivity contribution >= 4 is 28.6 Å². The molecule has 1 aliphatic rings. The van der Waals surface area contributed by atoms with Gasteiger partial charge in [-0.1, -0.05) is 0 Å². The first-order chi connectivity index (χ1) is 8.86. The molecular formula is C11H10FNO5S. The van der Waals surface area contributed by atoms with Gasteiger partial charge in [-0.15, -0.1) is 0 Å². The lowest BCUT2D eigenvalue weighted by molar-refractivity contribution is -0.116. The van der Waals surface area contributed by atoms with E-state index in [0.717, 1.165) is 18.2 Å². The Bertz CT molecular complexity index is 584. The highest BCUT2D eigenvalue weighted by molar-refractivity contribution is 7.82. The van der Waals surface area contributed by atoms with Crippen LogP contribution in [0.2, 0.25) is 0 Å². The van der Waals surface area contributed by atoms with Gasteiger partial charge in [0.15, 0.2) is 15.8 Å². The minimum absolute atomic E-state index is 0.101. The number of carbonyl (C=O) groups is 2. The molecule has 8 heteroatoms. The fourth-order valence-corrected chi connectivity index (χ4v) is 2.29. The van der Waals surface area contributed by atoms with Crippen LogP contribution in [0.15, 0.2) is 18.2 Å². The van der Waals surface area contributed by atoms with E-state index in [9.17, 15) is 18.2 Å². The molecule has 1 aliphatic carbocycles. The summed E-state index contributed by atoms with van der Waals surface area (Å²) in [6.07, 6.45) is 0.511. The molecule has 0 spiro atoms. The first kappa shape index (κ1) is 13.6. The minimum atomic E-state index is -2.32. The minimum Gasteiger partial charge on any atom is -0.478 e. The van der Waals surface area contributed by atoms with E-state index in [1.54, 1.807) is 0 Å². The van der Waals surface area contributed by atoms with Gasteiger partial charge in [-0.2, -0.15) is 0 Å². The van der Waals surface area contributed by atoms with Crippen LogP contribution in [0.3, 0.4) is 0 Å². The van der Waals surface area contributed by atoms with E-state index in [2.05, 4.69) is 5.32 Å². The lowest BCUT2D eigenvalue weighted by Crippen LogP contribution is -2.34. The number of benzene rings is 1. The zero-order valence-corrected chi connectivity index (χ0v) is 10.4. The second-order valence-corrected chi connectivity index (χ2v) is 5.47. The molecule has 2 rings (SSSR count). The average molecular weight is 287 g/mol. The monoisotopic (exact) mass is 287 g/mol. The van der Waals surface area contributed by atoms with Crippen molar-refractivity contribution in [2.45, 2.75) is 17.6 Å². The highest BCUT2D eigenvalue weighted by Crippen LogP contribution is 2.42. The lowest BCUT2D eigenvalue weighted by atomic mass is 10.1. The Morgan fingerprint density at radius 1 is 1.37 bits per heavy atom. The van der Waals surface area contributed by atoms with Crippen LogP contribution in [0.5, 0.6) is 0 Å². The third-order valence-corrected chi connectivity index (χ3v) is 4.17. The van der Waals surface area contributed by atoms with Crippen molar-refractivity contribution in [2.75, 3.05) is 5.32 Å². The Kier molecular flexibility index (Phi) is 3.38. The fraction of sp³-hybridized carbons (Fsp3) is 0.273. The van der Waals surface area contributed by atoms with Gasteiger partial charge in [-0.05, 0) is 31.0 Å². The van der Waals surface area contributed by atoms with Gasteiger partial charge in [-0.3, -0.25) is 4.79 Å². The molecule has 1 amide bonds. The number of carboxylic acids is 1. The number of hydrogen-bond donors (Lipinski definition) is 3. The topological polar surface area (TPSA) is 104 Å². The van der Waals surface area contributed by atoms with Gasteiger partial charge in [-0.25, -0.2) is 13.4 Å². The second kappa shape index (κ2) is 4.71. The van der Waals surface area contributed by atoms with Crippen LogP contribution in [0.4, 0.5) is 10.1 Å². The molecule has 1 aromatic carbocycles. The van der Waals surface area contributed by atoms with Crippen LogP contribution >= 0.6 is 0 Å². The lowest BCUT2D eigenvalue weighted by Gasteiger charge is -2.13. The second-order valence-electron chi connectivity index (χ2n) is 4.19. The number of carbonyl (C=O) groups excluding carboxylic acids is 1. The molecular weight excluding hydrogens is 277 g/mol. The van der Waals surface area contributed by atoms with Crippen LogP contribution < -0.4 is 5.32 Å². The van der Waals surface area contributed by atoms with E-state index in [-0.39, 0.29) is 18.5 Å². The van der Waals surface area contributed by atoms with Crippen LogP contribution in [0, 0.1) is 5.82 Å². The molecule has 0 saturated heterocycles. The molecule has 19 heavy (non-hydrogen) atoms. The van der Waals surface area contributed by atoms with E-state index >= 15 is 0 Å². The van der Waals surface area contributed by atoms with Crippen molar-refractivity contribution < 1.29 is 27.8 Å². The van der Waals surface area contributed by atoms with Gasteiger partial charge in [0.2, 0.25) is 5.91 Å². The molecule has 6 nitrogen and oxygen atoms in total. The molecule has 1 unspecified atom stereocenters. The number of nitrogens with one attached hydrogen (secondary N) is 1. The van der Waals surface area contributed by atoms with Gasteiger partial charge in [0.05, 0.1) is 11.3 Å². The number of anilines is 1. The maximum Gasteiger partial charge on any atom is 0.337 e. The third-order valence-electron chi connectivity index (χ3n) is 2.91. The molecule has 102 valence electrons. The normalized spacial score (nSPS) is 17.6. The van der Waals surface area contributed by atoms with Crippen molar-refractivity contribution in [1.82, 2.24) is 0 Å². The van der Waals surface area contributed by atoms with Gasteiger partial charge >= 0.3 is 5.97 Å². The van der Waals surface area contributed by atoms with Crippen molar-refractivity contribution in [2.24, 2.45) is 0 Å². The zero-order valence-electron chi connectivity index (χ0n) is 9.55. The Morgan fingerprint density at radius 2 is 2.00 bits per heavy atom. The van der Waals surface area contributed by atoms with E-state index < -0.39 is 39.1 Å². The Labute approximate surface area is 109 Å². The molecule has 0 aromatic heterocycles. The summed E-state index contributed by atoms with van der Waals surface area (Å²) < 4.78 is 31.7. The first-order valence-electron chi connectivity index (χ1n) is 5.32. The first-order valence-corrected chi connectivity index (χ1v) is 6.43. The molecule has 1 saturated carbocycles. The SMILES string of the molecule is O=C(O)c1cc(F)ccc1NC(=O)C1(S(=O)O)CC1. The molecule has 0 aliphatic heterocycles. The predicted octanol–water partition coefficient (Wildman–Crippen LogP) is 1.22. The van der Waals surface area contributed by atoms with Gasteiger partial charge < -0.3 is 15.0 Å². The van der Waals surface area contributed by atoms with Crippen molar-refractivity contribution in [1.29, 1.82) is 0 Å². The summed E-state index contributed by atoms with van der Waals surface area (Å²) in [5.41, 5.74) is -0.511. The number of rotatable bonds is 4. The zero-order chi connectivity index (χ0) is 14.2. The summed E-state index contributed by atoms with van der Waals surface area (Å²) in [5, 5.41) is 11.2. The summed E-state index contributed by atoms with van der Waals surface area (Å²) in [5.74, 6) is -2.88. The standard InChI is InChI=1S/C11H10FNO5S/c12-6-1-2-8(7(5-6)9(14)15)13-10(16)11(3-4-11)19(17)18/h1-2,5H,3-4H2,(H,13,16)(H,14,15)(H,17,18). The molecule has 0 bridgehead atoms. The molecule has 0 radical (unpaired) electrons. The number of amides is 1. The molecule has 1 fully saturated rings. The summed E-state index contributed by atoms with van der Waals surface area (Å²) >= 11 is -2.32. The Morgan fingerprint density at radius 3 is 2.47 bits per heavy atom. The van der Waals surface area contributed by atoms with Crippen molar-refractivity contribution in [3.8, 4) is 0 Å². The molecule has 1 atom stereocenters. The summed E-state index contributed by atoms with van der Waals surface area (Å²) in [6, 6.07) is 2.87. The molecule has 1 aromatic rings. The van der Waals surface area contributed by atoms with Crippen molar-refractivity contribution in [3.63, 3.8) is 0 Å². The fourth-order valence-electron chi connectivity index (χ4n) is 1.63. The van der Waals surface area contributed by atoms with Gasteiger partial charge in [0.1, 0.15) is 5.82 Å². The van der Waals surface area contributed by atoms with E-state index in [0.29, 0.717) is 0 Å². The van der Waals surface area contributed by atoms with Gasteiger partial charge in [0, 0.05) is 0 Å². The summed E-state index contributed by atoms with van der Waals surface area (Å²) in [4.78, 5) is 22.8. The van der Waals surface area contributed by atoms with Crippen LogP contribution in [-0.4, -0.2) is 30.5 Å². The number of hydrogen-bond acceptors (Lipinski definition) is 3. The number of carboxylic acid groups (broad SMARTS) is 1. The highest BCUT2D eigenvalue weighted by Gasteiger charge is 2.56. The number of aromatic carboxylic acids is 1. The van der Waals surface area contributed by atoms with Gasteiger partial charge in [0.25, 0.3) is 0 Å². The van der Waals surface area contributed by atoms with E-state index in [4.69, 9.17) is 9.66 Å². The quantitative estimate of drug-likeness (QED) is 0.722. The van der Waals surface area contributed by atoms with Crippen LogP contribution in [0.1, 0.15) is 23.2 Å². The molecule has 0 heterocycles. The maximum atomic E-state index is 13.0. The van der Waals surface area contributed by atoms with Crippen LogP contribution in [-0.2, 0) is 15.9 Å². The van der Waals surface area contributed by atoms with Crippen LogP contribution in [0.25, 0.3) is 0 Å². The van der Waals surface area contributed by atoms with E-state index in [1.807, 2.05) is 0 Å². The highest BCUT2D eigenvalue weighted by atomic mass is 32.2. The largest absolute Gasteiger partial charge is 0.478 e.